The molecule has 0 unspecified atom stereocenters. The first-order valence-corrected chi connectivity index (χ1v) is 2.74. The molecule has 0 heterocycles. The Hall–Kier alpha value is -0.720. The van der Waals surface area contributed by atoms with Crippen LogP contribution in [-0.4, -0.2) is 0 Å². The molecule has 0 aromatic heterocycles. The van der Waals surface area contributed by atoms with Crippen molar-refractivity contribution < 1.29 is 4.74 Å². The van der Waals surface area contributed by atoms with Gasteiger partial charge in [0, 0.05) is 0 Å². The van der Waals surface area contributed by atoms with Crippen molar-refractivity contribution >= 4 is 0 Å². The van der Waals surface area contributed by atoms with Gasteiger partial charge in [-0.2, -0.15) is 0 Å². The third-order valence-corrected chi connectivity index (χ3v) is 0.601. The van der Waals surface area contributed by atoms with Crippen molar-refractivity contribution in [2.45, 2.75) is 20.3 Å². The van der Waals surface area contributed by atoms with Gasteiger partial charge in [-0.25, -0.2) is 0 Å². The summed E-state index contributed by atoms with van der Waals surface area (Å²) >= 11 is 0. The predicted octanol–water partition coefficient (Wildman–Crippen LogP) is 2.46. The van der Waals surface area contributed by atoms with Gasteiger partial charge >= 0.3 is 0 Å². The fourth-order valence-electron chi connectivity index (χ4n) is 0.260. The first-order valence-electron chi connectivity index (χ1n) is 2.74. The van der Waals surface area contributed by atoms with Crippen molar-refractivity contribution in [1.29, 1.82) is 0 Å². The van der Waals surface area contributed by atoms with Crippen molar-refractivity contribution in [2.24, 2.45) is 0 Å². The molecule has 0 atom stereocenters. The highest BCUT2D eigenvalue weighted by Crippen LogP contribution is 1.90. The van der Waals surface area contributed by atoms with Gasteiger partial charge in [-0.05, 0) is 19.4 Å². The van der Waals surface area contributed by atoms with Gasteiger partial charge in [-0.3, -0.25) is 0 Å². The average Bonchev–Trinajstić information content (AvgIpc) is 1.66. The largest absolute Gasteiger partial charge is 0.471 e. The van der Waals surface area contributed by atoms with Crippen LogP contribution >= 0.6 is 0 Å². The van der Waals surface area contributed by atoms with Gasteiger partial charge in [0.05, 0.1) is 12.0 Å². The van der Waals surface area contributed by atoms with Gasteiger partial charge in [0.25, 0.3) is 0 Å². The van der Waals surface area contributed by atoms with Crippen molar-refractivity contribution in [2.75, 3.05) is 0 Å². The molecule has 0 N–H and O–H groups in total. The lowest BCUT2D eigenvalue weighted by atomic mass is 10.5. The van der Waals surface area contributed by atoms with Crippen molar-refractivity contribution in [3.63, 3.8) is 0 Å². The van der Waals surface area contributed by atoms with E-state index in [9.17, 15) is 0 Å². The predicted molar refractivity (Wildman–Crippen MR) is 35.3 cm³/mol. The smallest absolute Gasteiger partial charge is 0.0929 e. The summed E-state index contributed by atoms with van der Waals surface area (Å²) in [5, 5.41) is 0. The summed E-state index contributed by atoms with van der Waals surface area (Å²) in [5.74, 6) is 0.731. The zero-order valence-electron chi connectivity index (χ0n) is 5.48. The molecule has 1 nitrogen and oxygen atoms in total. The number of allylic oxidation sites excluding steroid dienone is 2. The summed E-state index contributed by atoms with van der Waals surface area (Å²) in [7, 11) is 0. The maximum atomic E-state index is 4.91. The van der Waals surface area contributed by atoms with Crippen LogP contribution in [0.15, 0.2) is 24.7 Å². The van der Waals surface area contributed by atoms with Gasteiger partial charge in [0.15, 0.2) is 0 Å². The molecule has 0 spiro atoms. The van der Waals surface area contributed by atoms with E-state index < -0.39 is 0 Å². The molecule has 8 heavy (non-hydrogen) atoms. The topological polar surface area (TPSA) is 9.23 Å². The van der Waals surface area contributed by atoms with Crippen LogP contribution in [0.4, 0.5) is 0 Å². The zero-order chi connectivity index (χ0) is 6.41. The molecule has 0 aliphatic rings. The summed E-state index contributed by atoms with van der Waals surface area (Å²) in [6.07, 6.45) is 4.60. The van der Waals surface area contributed by atoms with Gasteiger partial charge in [0.2, 0.25) is 0 Å². The number of hydrogen-bond acceptors (Lipinski definition) is 1. The van der Waals surface area contributed by atoms with Gasteiger partial charge < -0.3 is 4.74 Å². The summed E-state index contributed by atoms with van der Waals surface area (Å²) in [6, 6.07) is 0. The molecule has 0 saturated heterocycles. The highest BCUT2D eigenvalue weighted by molar-refractivity contribution is 4.81. The highest BCUT2D eigenvalue weighted by Gasteiger charge is 1.73. The maximum Gasteiger partial charge on any atom is 0.0929 e. The molecule has 1 heteroatoms. The standard InChI is InChI=1S/C7H12O/c1-4-5-6-8-7(2)3/h5-6H,2,4H2,1,3H3/b6-5+. The molecule has 0 rings (SSSR count). The molecule has 0 amide bonds. The summed E-state index contributed by atoms with van der Waals surface area (Å²) in [4.78, 5) is 0. The van der Waals surface area contributed by atoms with E-state index in [4.69, 9.17) is 4.74 Å². The Morgan fingerprint density at radius 3 is 2.75 bits per heavy atom. The first kappa shape index (κ1) is 7.28. The molecule has 0 bridgehead atoms. The second-order valence-corrected chi connectivity index (χ2v) is 1.60. The minimum absolute atomic E-state index is 0.731. The Balaban J connectivity index is 3.16. The molecular formula is C7H12O. The monoisotopic (exact) mass is 112 g/mol. The van der Waals surface area contributed by atoms with Crippen molar-refractivity contribution in [3.05, 3.63) is 24.7 Å². The van der Waals surface area contributed by atoms with Crippen LogP contribution in [0.3, 0.4) is 0 Å². The van der Waals surface area contributed by atoms with Crippen LogP contribution in [0, 0.1) is 0 Å². The Bertz CT molecular complexity index is 92.6. The lowest BCUT2D eigenvalue weighted by molar-refractivity contribution is 0.354. The number of rotatable bonds is 3. The van der Waals surface area contributed by atoms with Crippen LogP contribution in [0.25, 0.3) is 0 Å². The Labute approximate surface area is 50.7 Å². The van der Waals surface area contributed by atoms with E-state index in [0.717, 1.165) is 12.2 Å². The fraction of sp³-hybridized carbons (Fsp3) is 0.429. The normalized spacial score (nSPS) is 9.75. The summed E-state index contributed by atoms with van der Waals surface area (Å²) in [6.45, 7) is 7.43. The first-order chi connectivity index (χ1) is 3.77. The third kappa shape index (κ3) is 5.28. The van der Waals surface area contributed by atoms with Crippen molar-refractivity contribution in [3.8, 4) is 0 Å². The zero-order valence-corrected chi connectivity index (χ0v) is 5.48. The van der Waals surface area contributed by atoms with Gasteiger partial charge in [-0.1, -0.05) is 13.5 Å². The molecule has 0 saturated carbocycles. The molecule has 0 radical (unpaired) electrons. The minimum atomic E-state index is 0.731. The minimum Gasteiger partial charge on any atom is -0.471 e. The second-order valence-electron chi connectivity index (χ2n) is 1.60. The average molecular weight is 112 g/mol. The lowest BCUT2D eigenvalue weighted by Crippen LogP contribution is -1.71. The molecule has 46 valence electrons. The van der Waals surface area contributed by atoms with Gasteiger partial charge in [0.1, 0.15) is 0 Å². The number of hydrogen-bond donors (Lipinski definition) is 0. The van der Waals surface area contributed by atoms with E-state index in [1.165, 1.54) is 0 Å². The Morgan fingerprint density at radius 2 is 2.38 bits per heavy atom. The van der Waals surface area contributed by atoms with Crippen LogP contribution in [-0.2, 0) is 4.74 Å². The van der Waals surface area contributed by atoms with Crippen LogP contribution in [0.5, 0.6) is 0 Å². The van der Waals surface area contributed by atoms with Gasteiger partial charge in [-0.15, -0.1) is 0 Å². The summed E-state index contributed by atoms with van der Waals surface area (Å²) < 4.78 is 4.91. The van der Waals surface area contributed by atoms with E-state index in [-0.39, 0.29) is 0 Å². The van der Waals surface area contributed by atoms with Crippen LogP contribution in [0.2, 0.25) is 0 Å². The molecule has 0 fully saturated rings. The van der Waals surface area contributed by atoms with E-state index >= 15 is 0 Å². The van der Waals surface area contributed by atoms with E-state index in [1.807, 2.05) is 13.0 Å². The quantitative estimate of drug-likeness (QED) is 0.509. The lowest BCUT2D eigenvalue weighted by Gasteiger charge is -1.92. The SMILES string of the molecule is C=C(C)O/C=C/CC. The van der Waals surface area contributed by atoms with Crippen LogP contribution in [0.1, 0.15) is 20.3 Å². The third-order valence-electron chi connectivity index (χ3n) is 0.601. The molecular weight excluding hydrogens is 100 g/mol. The van der Waals surface area contributed by atoms with Crippen LogP contribution < -0.4 is 0 Å². The summed E-state index contributed by atoms with van der Waals surface area (Å²) in [5.41, 5.74) is 0. The molecule has 0 aliphatic carbocycles. The second kappa shape index (κ2) is 4.44. The number of ether oxygens (including phenoxy) is 1. The molecule has 0 aromatic carbocycles. The highest BCUT2D eigenvalue weighted by atomic mass is 16.5. The van der Waals surface area contributed by atoms with Crippen molar-refractivity contribution in [1.82, 2.24) is 0 Å². The van der Waals surface area contributed by atoms with E-state index in [2.05, 4.69) is 13.5 Å². The maximum absolute atomic E-state index is 4.91. The molecule has 0 aromatic rings. The van der Waals surface area contributed by atoms with E-state index in [1.54, 1.807) is 6.26 Å². The Morgan fingerprint density at radius 1 is 1.75 bits per heavy atom. The van der Waals surface area contributed by atoms with E-state index in [0.29, 0.717) is 0 Å². The Kier molecular flexibility index (Phi) is 4.04. The molecule has 0 aliphatic heterocycles. The fourth-order valence-corrected chi connectivity index (χ4v) is 0.260.